The van der Waals surface area contributed by atoms with E-state index in [-0.39, 0.29) is 0 Å². The maximum absolute atomic E-state index is 5.22. The number of aromatic nitrogens is 1. The number of nitrogens with one attached hydrogen (secondary N) is 1. The van der Waals surface area contributed by atoms with Gasteiger partial charge in [-0.15, -0.1) is 22.7 Å². The van der Waals surface area contributed by atoms with Crippen LogP contribution in [0.4, 0.5) is 0 Å². The lowest BCUT2D eigenvalue weighted by atomic mass is 10.3. The van der Waals surface area contributed by atoms with Crippen molar-refractivity contribution in [2.45, 2.75) is 13.2 Å². The molecule has 2 aromatic rings. The Bertz CT molecular complexity index is 483. The summed E-state index contributed by atoms with van der Waals surface area (Å²) in [6.07, 6.45) is 0. The van der Waals surface area contributed by atoms with Gasteiger partial charge in [0.25, 0.3) is 0 Å². The number of hydrogen-bond acceptors (Lipinski definition) is 6. The van der Waals surface area contributed by atoms with E-state index in [9.17, 15) is 0 Å². The van der Waals surface area contributed by atoms with Gasteiger partial charge in [-0.1, -0.05) is 6.07 Å². The molecular weight excluding hydrogens is 280 g/mol. The van der Waals surface area contributed by atoms with E-state index in [0.29, 0.717) is 6.61 Å². The summed E-state index contributed by atoms with van der Waals surface area (Å²) in [5.74, 6) is 0. The molecule has 1 N–H and O–H groups in total. The normalized spacial score (nSPS) is 11.1. The molecule has 0 fully saturated rings. The topological polar surface area (TPSA) is 43.4 Å². The summed E-state index contributed by atoms with van der Waals surface area (Å²) in [5.41, 5.74) is 1.03. The first-order valence-corrected chi connectivity index (χ1v) is 7.75. The largest absolute Gasteiger partial charge is 0.383 e. The van der Waals surface area contributed by atoms with E-state index in [1.807, 2.05) is 6.07 Å². The van der Waals surface area contributed by atoms with E-state index >= 15 is 0 Å². The lowest BCUT2D eigenvalue weighted by Crippen LogP contribution is -2.18. The van der Waals surface area contributed by atoms with Gasteiger partial charge in [-0.2, -0.15) is 0 Å². The highest BCUT2D eigenvalue weighted by atomic mass is 32.1. The number of ether oxygens (including phenoxy) is 2. The van der Waals surface area contributed by atoms with E-state index in [1.165, 1.54) is 9.75 Å². The fraction of sp³-hybridized carbons (Fsp3) is 0.462. The number of nitrogens with zero attached hydrogens (tertiary/aromatic N) is 1. The molecule has 0 amide bonds. The van der Waals surface area contributed by atoms with Gasteiger partial charge in [-0.05, 0) is 11.4 Å². The molecule has 104 valence electrons. The Labute approximate surface area is 121 Å². The van der Waals surface area contributed by atoms with Gasteiger partial charge in [-0.25, -0.2) is 4.98 Å². The van der Waals surface area contributed by atoms with Crippen molar-refractivity contribution < 1.29 is 9.47 Å². The zero-order valence-electron chi connectivity index (χ0n) is 11.1. The van der Waals surface area contributed by atoms with Gasteiger partial charge in [0.05, 0.1) is 23.8 Å². The van der Waals surface area contributed by atoms with E-state index < -0.39 is 0 Å². The number of methoxy groups -OCH3 is 2. The predicted molar refractivity (Wildman–Crippen MR) is 79.7 cm³/mol. The highest BCUT2D eigenvalue weighted by molar-refractivity contribution is 7.21. The molecule has 0 aliphatic heterocycles. The zero-order chi connectivity index (χ0) is 13.5. The van der Waals surface area contributed by atoms with Gasteiger partial charge in [0.15, 0.2) is 0 Å². The first-order chi connectivity index (χ1) is 9.35. The average molecular weight is 298 g/mol. The Hall–Kier alpha value is -0.790. The quantitative estimate of drug-likeness (QED) is 0.761. The minimum Gasteiger partial charge on any atom is -0.383 e. The van der Waals surface area contributed by atoms with Gasteiger partial charge >= 0.3 is 0 Å². The van der Waals surface area contributed by atoms with Crippen molar-refractivity contribution in [1.29, 1.82) is 0 Å². The summed E-state index contributed by atoms with van der Waals surface area (Å²) in [6, 6.07) is 4.15. The van der Waals surface area contributed by atoms with Crippen molar-refractivity contribution >= 4 is 22.7 Å². The third-order valence-corrected chi connectivity index (χ3v) is 4.70. The van der Waals surface area contributed by atoms with Crippen LogP contribution in [-0.4, -0.2) is 32.4 Å². The van der Waals surface area contributed by atoms with Crippen LogP contribution in [0, 0.1) is 0 Å². The van der Waals surface area contributed by atoms with Crippen molar-refractivity contribution in [3.63, 3.8) is 0 Å². The second kappa shape index (κ2) is 7.72. The van der Waals surface area contributed by atoms with E-state index in [1.54, 1.807) is 36.9 Å². The number of hydrogen-bond donors (Lipinski definition) is 1. The third kappa shape index (κ3) is 4.09. The Balaban J connectivity index is 2.07. The molecule has 0 aliphatic rings. The van der Waals surface area contributed by atoms with Crippen LogP contribution in [0.15, 0.2) is 17.5 Å². The van der Waals surface area contributed by atoms with Gasteiger partial charge in [-0.3, -0.25) is 0 Å². The van der Waals surface area contributed by atoms with E-state index in [0.717, 1.165) is 30.4 Å². The van der Waals surface area contributed by atoms with Crippen LogP contribution in [0.1, 0.15) is 10.6 Å². The van der Waals surface area contributed by atoms with Crippen molar-refractivity contribution in [3.05, 3.63) is 28.1 Å². The van der Waals surface area contributed by atoms with Gasteiger partial charge in [0, 0.05) is 32.2 Å². The monoisotopic (exact) mass is 298 g/mol. The minimum atomic E-state index is 0.559. The first-order valence-electron chi connectivity index (χ1n) is 6.06. The van der Waals surface area contributed by atoms with E-state index in [4.69, 9.17) is 9.47 Å². The van der Waals surface area contributed by atoms with Crippen LogP contribution in [0.25, 0.3) is 9.88 Å². The molecule has 0 bridgehead atoms. The Morgan fingerprint density at radius 3 is 2.89 bits per heavy atom. The summed E-state index contributed by atoms with van der Waals surface area (Å²) in [4.78, 5) is 7.12. The molecule has 0 spiro atoms. The number of thiazole rings is 1. The fourth-order valence-electron chi connectivity index (χ4n) is 1.65. The third-order valence-electron chi connectivity index (χ3n) is 2.56. The molecule has 0 radical (unpaired) electrons. The molecule has 4 nitrogen and oxygen atoms in total. The fourth-order valence-corrected chi connectivity index (χ4v) is 3.48. The van der Waals surface area contributed by atoms with Crippen LogP contribution in [0.5, 0.6) is 0 Å². The number of thiophene rings is 1. The second-order valence-corrected chi connectivity index (χ2v) is 6.00. The SMILES string of the molecule is COCCNCc1sc(-c2cccs2)nc1COC. The standard InChI is InChI=1S/C13H18N2O2S2/c1-16-6-5-14-8-12-10(9-17-2)15-13(19-12)11-4-3-7-18-11/h3-4,7,14H,5-6,8-9H2,1-2H3. The Morgan fingerprint density at radius 1 is 1.32 bits per heavy atom. The molecule has 0 saturated carbocycles. The summed E-state index contributed by atoms with van der Waals surface area (Å²) < 4.78 is 10.2. The molecule has 2 aromatic heterocycles. The molecule has 2 heterocycles. The summed E-state index contributed by atoms with van der Waals surface area (Å²) >= 11 is 3.45. The van der Waals surface area contributed by atoms with Crippen molar-refractivity contribution in [3.8, 4) is 9.88 Å². The van der Waals surface area contributed by atoms with Crippen LogP contribution in [0.2, 0.25) is 0 Å². The van der Waals surface area contributed by atoms with Crippen molar-refractivity contribution in [2.24, 2.45) is 0 Å². The summed E-state index contributed by atoms with van der Waals surface area (Å²) in [6.45, 7) is 2.93. The smallest absolute Gasteiger partial charge is 0.134 e. The summed E-state index contributed by atoms with van der Waals surface area (Å²) in [5, 5.41) is 6.50. The molecule has 0 aliphatic carbocycles. The van der Waals surface area contributed by atoms with Crippen molar-refractivity contribution in [2.75, 3.05) is 27.4 Å². The molecule has 0 aromatic carbocycles. The maximum Gasteiger partial charge on any atom is 0.134 e. The number of rotatable bonds is 8. The van der Waals surface area contributed by atoms with Gasteiger partial charge in [0.1, 0.15) is 5.01 Å². The van der Waals surface area contributed by atoms with Crippen molar-refractivity contribution in [1.82, 2.24) is 10.3 Å². The minimum absolute atomic E-state index is 0.559. The molecule has 0 saturated heterocycles. The second-order valence-electron chi connectivity index (χ2n) is 3.97. The Morgan fingerprint density at radius 2 is 2.21 bits per heavy atom. The highest BCUT2D eigenvalue weighted by Crippen LogP contribution is 2.31. The van der Waals surface area contributed by atoms with Gasteiger partial charge < -0.3 is 14.8 Å². The summed E-state index contributed by atoms with van der Waals surface area (Å²) in [7, 11) is 3.41. The maximum atomic E-state index is 5.22. The van der Waals surface area contributed by atoms with E-state index in [2.05, 4.69) is 21.7 Å². The van der Waals surface area contributed by atoms with Gasteiger partial charge in [0.2, 0.25) is 0 Å². The molecular formula is C13H18N2O2S2. The lowest BCUT2D eigenvalue weighted by molar-refractivity contribution is 0.181. The van der Waals surface area contributed by atoms with Crippen LogP contribution in [0.3, 0.4) is 0 Å². The highest BCUT2D eigenvalue weighted by Gasteiger charge is 2.12. The Kier molecular flexibility index (Phi) is 5.93. The van der Waals surface area contributed by atoms with Crippen LogP contribution < -0.4 is 5.32 Å². The lowest BCUT2D eigenvalue weighted by Gasteiger charge is -2.03. The van der Waals surface area contributed by atoms with Crippen LogP contribution in [-0.2, 0) is 22.6 Å². The predicted octanol–water partition coefficient (Wildman–Crippen LogP) is 2.75. The average Bonchev–Trinajstić information content (AvgIpc) is 3.04. The molecule has 6 heteroatoms. The molecule has 0 unspecified atom stereocenters. The molecule has 0 atom stereocenters. The zero-order valence-corrected chi connectivity index (χ0v) is 12.8. The molecule has 19 heavy (non-hydrogen) atoms. The molecule has 2 rings (SSSR count). The first kappa shape index (κ1) is 14.6. The van der Waals surface area contributed by atoms with Crippen LogP contribution >= 0.6 is 22.7 Å².